The molecule has 0 aromatic heterocycles. The number of carbonyl (C=O) groups excluding carboxylic acids is 1. The molecule has 0 saturated carbocycles. The third-order valence-electron chi connectivity index (χ3n) is 2.83. The molecule has 1 fully saturated rings. The van der Waals surface area contributed by atoms with E-state index in [2.05, 4.69) is 44.6 Å². The minimum Gasteiger partial charge on any atom is -0.432 e. The molecule has 0 aliphatic carbocycles. The van der Waals surface area contributed by atoms with E-state index in [9.17, 15) is 4.79 Å². The summed E-state index contributed by atoms with van der Waals surface area (Å²) in [5, 5.41) is 3.49. The minimum absolute atomic E-state index is 0.0515. The maximum absolute atomic E-state index is 12.8. The molecule has 0 spiro atoms. The fourth-order valence-electron chi connectivity index (χ4n) is 2.51. The van der Waals surface area contributed by atoms with Crippen LogP contribution in [0.2, 0.25) is 45.8 Å². The Hall–Kier alpha value is 0.201. The Morgan fingerprint density at radius 1 is 1.00 bits per heavy atom. The van der Waals surface area contributed by atoms with Crippen molar-refractivity contribution in [3.63, 3.8) is 0 Å². The summed E-state index contributed by atoms with van der Waals surface area (Å²) in [6, 6.07) is -0.0515. The molecule has 0 amide bonds. The van der Waals surface area contributed by atoms with E-state index in [0.29, 0.717) is 0 Å². The van der Waals surface area contributed by atoms with Gasteiger partial charge in [0.25, 0.3) is 0 Å². The molecule has 7 heteroatoms. The average Bonchev–Trinajstić information content (AvgIpc) is 2.62. The molecule has 0 radical (unpaired) electrons. The predicted molar refractivity (Wildman–Crippen MR) is 86.5 cm³/mol. The second-order valence-electron chi connectivity index (χ2n) is 7.39. The first-order chi connectivity index (χ1) is 8.43. The van der Waals surface area contributed by atoms with Crippen LogP contribution in [-0.4, -0.2) is 43.2 Å². The first-order valence-electron chi connectivity index (χ1n) is 7.11. The van der Waals surface area contributed by atoms with Crippen molar-refractivity contribution in [3.8, 4) is 0 Å². The van der Waals surface area contributed by atoms with Gasteiger partial charge in [-0.1, -0.05) is 0 Å². The summed E-state index contributed by atoms with van der Waals surface area (Å²) in [6.07, 6.45) is 1.99. The lowest BCUT2D eigenvalue weighted by molar-refractivity contribution is -0.116. The molecule has 4 nitrogen and oxygen atoms in total. The summed E-state index contributed by atoms with van der Waals surface area (Å²) in [5.74, 6) is 0. The van der Waals surface area contributed by atoms with Crippen LogP contribution in [0.4, 0.5) is 0 Å². The van der Waals surface area contributed by atoms with Crippen molar-refractivity contribution in [1.82, 2.24) is 5.32 Å². The van der Waals surface area contributed by atoms with Crippen LogP contribution in [0.1, 0.15) is 12.8 Å². The number of rotatable bonds is 6. The molecule has 112 valence electrons. The maximum atomic E-state index is 12.8. The van der Waals surface area contributed by atoms with Crippen molar-refractivity contribution in [2.75, 3.05) is 6.54 Å². The first kappa shape index (κ1) is 17.3. The van der Waals surface area contributed by atoms with Crippen LogP contribution in [0.3, 0.4) is 0 Å². The fourth-order valence-corrected chi connectivity index (χ4v) is 14.1. The number of carbonyl (C=O) groups is 1. The third kappa shape index (κ3) is 5.60. The van der Waals surface area contributed by atoms with Gasteiger partial charge in [0.05, 0.1) is 6.04 Å². The Balaban J connectivity index is 2.93. The summed E-state index contributed by atoms with van der Waals surface area (Å²) in [5.41, 5.74) is 0. The molecule has 0 bridgehead atoms. The average molecular weight is 320 g/mol. The Morgan fingerprint density at radius 3 is 1.79 bits per heavy atom. The molecular weight excluding hydrogens is 290 g/mol. The van der Waals surface area contributed by atoms with Crippen molar-refractivity contribution in [2.24, 2.45) is 0 Å². The summed E-state index contributed by atoms with van der Waals surface area (Å²) in [6.45, 7) is 15.6. The molecule has 0 aromatic carbocycles. The van der Waals surface area contributed by atoms with Crippen LogP contribution in [0.25, 0.3) is 0 Å². The Bertz CT molecular complexity index is 314. The van der Waals surface area contributed by atoms with E-state index in [0.717, 1.165) is 19.4 Å². The Morgan fingerprint density at radius 2 is 1.47 bits per heavy atom. The van der Waals surface area contributed by atoms with Crippen LogP contribution in [0, 0.1) is 0 Å². The summed E-state index contributed by atoms with van der Waals surface area (Å²) in [4.78, 5) is 12.8. The quantitative estimate of drug-likeness (QED) is 0.765. The van der Waals surface area contributed by atoms with Gasteiger partial charge in [-0.25, -0.2) is 0 Å². The van der Waals surface area contributed by atoms with Gasteiger partial charge in [-0.15, -0.1) is 0 Å². The van der Waals surface area contributed by atoms with Crippen molar-refractivity contribution < 1.29 is 13.0 Å². The molecule has 1 saturated heterocycles. The van der Waals surface area contributed by atoms with Crippen molar-refractivity contribution in [3.05, 3.63) is 0 Å². The zero-order valence-electron chi connectivity index (χ0n) is 13.4. The van der Waals surface area contributed by atoms with Gasteiger partial charge in [0, 0.05) is 0 Å². The lowest BCUT2D eigenvalue weighted by Gasteiger charge is -2.38. The molecule has 1 aliphatic heterocycles. The predicted octanol–water partition coefficient (Wildman–Crippen LogP) is 2.62. The maximum Gasteiger partial charge on any atom is 0.389 e. The van der Waals surface area contributed by atoms with Gasteiger partial charge < -0.3 is 13.5 Å². The van der Waals surface area contributed by atoms with Gasteiger partial charge in [-0.05, 0) is 65.2 Å². The normalized spacial score (nSPS) is 21.7. The van der Waals surface area contributed by atoms with E-state index in [1.807, 2.05) is 6.55 Å². The molecule has 19 heavy (non-hydrogen) atoms. The van der Waals surface area contributed by atoms with Gasteiger partial charge in [0.15, 0.2) is 22.0 Å². The second-order valence-corrected chi connectivity index (χ2v) is 19.9. The molecule has 1 rings (SSSR count). The van der Waals surface area contributed by atoms with E-state index < -0.39 is 25.2 Å². The van der Waals surface area contributed by atoms with Crippen molar-refractivity contribution >= 4 is 30.6 Å². The topological polar surface area (TPSA) is 47.6 Å². The van der Waals surface area contributed by atoms with E-state index >= 15 is 0 Å². The van der Waals surface area contributed by atoms with Gasteiger partial charge in [0.2, 0.25) is 0 Å². The molecule has 0 aromatic rings. The largest absolute Gasteiger partial charge is 0.432 e. The van der Waals surface area contributed by atoms with Gasteiger partial charge in [-0.2, -0.15) is 0 Å². The Labute approximate surface area is 120 Å². The van der Waals surface area contributed by atoms with Crippen LogP contribution in [-0.2, 0) is 13.0 Å². The molecule has 1 N–H and O–H groups in total. The summed E-state index contributed by atoms with van der Waals surface area (Å²) >= 11 is 0. The SMILES string of the molecule is C[Si](C)(C)O[Si](C)(O[Si](C)(C)C)C(=O)C1CCCN1. The molecule has 1 unspecified atom stereocenters. The molecule has 1 atom stereocenters. The fraction of sp³-hybridized carbons (Fsp3) is 0.917. The third-order valence-corrected chi connectivity index (χ3v) is 12.1. The van der Waals surface area contributed by atoms with Gasteiger partial charge >= 0.3 is 8.56 Å². The summed E-state index contributed by atoms with van der Waals surface area (Å²) in [7, 11) is -6.36. The number of hydrogen-bond acceptors (Lipinski definition) is 4. The molecular formula is C12H29NO3Si3. The Kier molecular flexibility index (Phi) is 5.36. The van der Waals surface area contributed by atoms with E-state index in [1.165, 1.54) is 0 Å². The van der Waals surface area contributed by atoms with Crippen LogP contribution < -0.4 is 5.32 Å². The van der Waals surface area contributed by atoms with E-state index in [1.54, 1.807) is 0 Å². The lowest BCUT2D eigenvalue weighted by Crippen LogP contribution is -2.62. The van der Waals surface area contributed by atoms with Crippen molar-refractivity contribution in [2.45, 2.75) is 64.7 Å². The minimum atomic E-state index is -2.77. The standard InChI is InChI=1S/C12H29NO3Si3/c1-17(2,3)15-19(7,16-18(4,5)6)12(14)11-9-8-10-13-11/h11,13H,8-10H2,1-7H3. The van der Waals surface area contributed by atoms with E-state index in [4.69, 9.17) is 8.23 Å². The van der Waals surface area contributed by atoms with Crippen LogP contribution in [0.5, 0.6) is 0 Å². The first-order valence-corrected chi connectivity index (χ1v) is 16.2. The number of nitrogens with one attached hydrogen (secondary N) is 1. The highest BCUT2D eigenvalue weighted by Crippen LogP contribution is 2.24. The lowest BCUT2D eigenvalue weighted by atomic mass is 10.2. The highest BCUT2D eigenvalue weighted by Gasteiger charge is 2.49. The van der Waals surface area contributed by atoms with Crippen molar-refractivity contribution in [1.29, 1.82) is 0 Å². The highest BCUT2D eigenvalue weighted by molar-refractivity contribution is 7.04. The van der Waals surface area contributed by atoms with Gasteiger partial charge in [0.1, 0.15) is 0 Å². The monoisotopic (exact) mass is 319 g/mol. The highest BCUT2D eigenvalue weighted by atomic mass is 28.5. The van der Waals surface area contributed by atoms with Crippen LogP contribution >= 0.6 is 0 Å². The second kappa shape index (κ2) is 5.90. The summed E-state index contributed by atoms with van der Waals surface area (Å²) < 4.78 is 12.6. The zero-order chi connectivity index (χ0) is 14.9. The molecule has 1 heterocycles. The van der Waals surface area contributed by atoms with Crippen LogP contribution in [0.15, 0.2) is 0 Å². The van der Waals surface area contributed by atoms with E-state index in [-0.39, 0.29) is 11.4 Å². The van der Waals surface area contributed by atoms with Gasteiger partial charge in [-0.3, -0.25) is 4.79 Å². The number of hydrogen-bond donors (Lipinski definition) is 1. The molecule has 1 aliphatic rings. The smallest absolute Gasteiger partial charge is 0.389 e. The zero-order valence-corrected chi connectivity index (χ0v) is 16.4.